The van der Waals surface area contributed by atoms with Crippen LogP contribution >= 0.6 is 0 Å². The largest absolute Gasteiger partial charge is 0.497 e. The third-order valence-corrected chi connectivity index (χ3v) is 2.95. The Kier molecular flexibility index (Phi) is 4.04. The second-order valence-corrected chi connectivity index (χ2v) is 4.32. The average Bonchev–Trinajstić information content (AvgIpc) is 2.70. The minimum absolute atomic E-state index is 0.0758. The molecule has 5 heteroatoms. The minimum atomic E-state index is -0.267. The Morgan fingerprint density at radius 2 is 2.39 bits per heavy atom. The normalized spacial score (nSPS) is 18.9. The van der Waals surface area contributed by atoms with E-state index in [1.165, 1.54) is 0 Å². The van der Waals surface area contributed by atoms with Gasteiger partial charge in [-0.05, 0) is 30.7 Å². The molecule has 0 aliphatic carbocycles. The summed E-state index contributed by atoms with van der Waals surface area (Å²) in [6, 6.07) is 7.67. The van der Waals surface area contributed by atoms with E-state index >= 15 is 0 Å². The highest BCUT2D eigenvalue weighted by molar-refractivity contribution is 5.69. The zero-order valence-electron chi connectivity index (χ0n) is 10.5. The monoisotopic (exact) mass is 250 g/mol. The quantitative estimate of drug-likeness (QED) is 0.857. The first kappa shape index (κ1) is 12.7. The number of amides is 1. The van der Waals surface area contributed by atoms with Crippen LogP contribution < -0.4 is 10.5 Å². The second-order valence-electron chi connectivity index (χ2n) is 4.32. The number of rotatable bonds is 5. The Hall–Kier alpha value is -1.75. The van der Waals surface area contributed by atoms with E-state index in [9.17, 15) is 4.79 Å². The van der Waals surface area contributed by atoms with Crippen LogP contribution in [0.5, 0.6) is 5.75 Å². The van der Waals surface area contributed by atoms with E-state index in [0.29, 0.717) is 26.1 Å². The number of benzene rings is 1. The fourth-order valence-electron chi connectivity index (χ4n) is 2.03. The van der Waals surface area contributed by atoms with E-state index in [-0.39, 0.29) is 12.2 Å². The molecule has 1 unspecified atom stereocenters. The summed E-state index contributed by atoms with van der Waals surface area (Å²) < 4.78 is 10.4. The van der Waals surface area contributed by atoms with Crippen LogP contribution in [-0.4, -0.2) is 37.3 Å². The van der Waals surface area contributed by atoms with Gasteiger partial charge in [-0.15, -0.1) is 0 Å². The van der Waals surface area contributed by atoms with Crippen LogP contribution in [0.2, 0.25) is 0 Å². The number of ether oxygens (including phenoxy) is 2. The van der Waals surface area contributed by atoms with Crippen molar-refractivity contribution in [3.8, 4) is 5.75 Å². The van der Waals surface area contributed by atoms with Crippen LogP contribution in [0.3, 0.4) is 0 Å². The van der Waals surface area contributed by atoms with Gasteiger partial charge >= 0.3 is 6.09 Å². The highest BCUT2D eigenvalue weighted by Gasteiger charge is 2.30. The Labute approximate surface area is 106 Å². The third kappa shape index (κ3) is 2.92. The Morgan fingerprint density at radius 1 is 1.56 bits per heavy atom. The number of hydrogen-bond donors (Lipinski definition) is 1. The van der Waals surface area contributed by atoms with Crippen LogP contribution in [-0.2, 0) is 11.3 Å². The van der Waals surface area contributed by atoms with Gasteiger partial charge in [-0.2, -0.15) is 0 Å². The second kappa shape index (κ2) is 5.73. The van der Waals surface area contributed by atoms with E-state index in [4.69, 9.17) is 15.2 Å². The molecule has 1 aromatic carbocycles. The van der Waals surface area contributed by atoms with Gasteiger partial charge in [-0.1, -0.05) is 12.1 Å². The summed E-state index contributed by atoms with van der Waals surface area (Å²) >= 11 is 0. The van der Waals surface area contributed by atoms with E-state index in [1.807, 2.05) is 24.3 Å². The van der Waals surface area contributed by atoms with Crippen molar-refractivity contribution in [3.05, 3.63) is 29.8 Å². The molecule has 18 heavy (non-hydrogen) atoms. The van der Waals surface area contributed by atoms with E-state index in [0.717, 1.165) is 11.3 Å². The van der Waals surface area contributed by atoms with Gasteiger partial charge in [0, 0.05) is 6.54 Å². The molecule has 1 heterocycles. The lowest BCUT2D eigenvalue weighted by atomic mass is 10.2. The highest BCUT2D eigenvalue weighted by Crippen LogP contribution is 2.19. The molecule has 1 saturated heterocycles. The number of nitrogens with zero attached hydrogens (tertiary/aromatic N) is 1. The summed E-state index contributed by atoms with van der Waals surface area (Å²) in [5.74, 6) is 0.790. The molecule has 0 aromatic heterocycles. The highest BCUT2D eigenvalue weighted by atomic mass is 16.6. The molecular weight excluding hydrogens is 232 g/mol. The molecule has 0 radical (unpaired) electrons. The van der Waals surface area contributed by atoms with Gasteiger partial charge in [-0.3, -0.25) is 0 Å². The van der Waals surface area contributed by atoms with Crippen LogP contribution in [0, 0.1) is 0 Å². The van der Waals surface area contributed by atoms with Gasteiger partial charge in [0.2, 0.25) is 0 Å². The fourth-order valence-corrected chi connectivity index (χ4v) is 2.03. The molecule has 0 saturated carbocycles. The lowest BCUT2D eigenvalue weighted by molar-refractivity contribution is 0.129. The number of methoxy groups -OCH3 is 1. The first-order valence-electron chi connectivity index (χ1n) is 6.01. The van der Waals surface area contributed by atoms with Gasteiger partial charge in [-0.25, -0.2) is 4.79 Å². The number of carbonyl (C=O) groups is 1. The van der Waals surface area contributed by atoms with Gasteiger partial charge < -0.3 is 20.1 Å². The van der Waals surface area contributed by atoms with Gasteiger partial charge in [0.05, 0.1) is 13.7 Å². The summed E-state index contributed by atoms with van der Waals surface area (Å²) in [6.45, 7) is 1.68. The summed E-state index contributed by atoms with van der Waals surface area (Å²) in [5.41, 5.74) is 6.49. The maximum atomic E-state index is 11.6. The average molecular weight is 250 g/mol. The predicted octanol–water partition coefficient (Wildman–Crippen LogP) is 1.36. The molecule has 2 N–H and O–H groups in total. The van der Waals surface area contributed by atoms with Crippen molar-refractivity contribution in [1.82, 2.24) is 4.90 Å². The van der Waals surface area contributed by atoms with Crippen LogP contribution in [0.1, 0.15) is 12.0 Å². The van der Waals surface area contributed by atoms with Crippen molar-refractivity contribution in [3.63, 3.8) is 0 Å². The van der Waals surface area contributed by atoms with Crippen molar-refractivity contribution in [2.75, 3.05) is 20.2 Å². The summed E-state index contributed by atoms with van der Waals surface area (Å²) in [7, 11) is 1.63. The predicted molar refractivity (Wildman–Crippen MR) is 67.3 cm³/mol. The SMILES string of the molecule is COc1cccc(CN2CC(CCN)OC2=O)c1. The van der Waals surface area contributed by atoms with Gasteiger partial charge in [0.15, 0.2) is 0 Å². The molecule has 1 aromatic rings. The summed E-state index contributed by atoms with van der Waals surface area (Å²) in [6.07, 6.45) is 0.366. The molecule has 1 aliphatic rings. The number of nitrogens with two attached hydrogens (primary N) is 1. The van der Waals surface area contributed by atoms with Gasteiger partial charge in [0.25, 0.3) is 0 Å². The molecule has 0 bridgehead atoms. The zero-order valence-corrected chi connectivity index (χ0v) is 10.5. The smallest absolute Gasteiger partial charge is 0.410 e. The molecule has 1 aliphatic heterocycles. The summed E-state index contributed by atoms with van der Waals surface area (Å²) in [5, 5.41) is 0. The molecule has 2 rings (SSSR count). The Bertz CT molecular complexity index is 422. The fraction of sp³-hybridized carbons (Fsp3) is 0.462. The Morgan fingerprint density at radius 3 is 3.11 bits per heavy atom. The molecular formula is C13H18N2O3. The maximum Gasteiger partial charge on any atom is 0.410 e. The molecule has 1 amide bonds. The van der Waals surface area contributed by atoms with Crippen molar-refractivity contribution in [2.24, 2.45) is 5.73 Å². The Balaban J connectivity index is 1.98. The molecule has 5 nitrogen and oxygen atoms in total. The standard InChI is InChI=1S/C13H18N2O3/c1-17-11-4-2-3-10(7-11)8-15-9-12(5-6-14)18-13(15)16/h2-4,7,12H,5-6,8-9,14H2,1H3. The molecule has 0 spiro atoms. The first-order chi connectivity index (χ1) is 8.72. The van der Waals surface area contributed by atoms with Crippen molar-refractivity contribution >= 4 is 6.09 Å². The lowest BCUT2D eigenvalue weighted by Crippen LogP contribution is -2.25. The van der Waals surface area contributed by atoms with Crippen molar-refractivity contribution < 1.29 is 14.3 Å². The van der Waals surface area contributed by atoms with Crippen LogP contribution in [0.15, 0.2) is 24.3 Å². The van der Waals surface area contributed by atoms with E-state index < -0.39 is 0 Å². The van der Waals surface area contributed by atoms with Crippen molar-refractivity contribution in [1.29, 1.82) is 0 Å². The van der Waals surface area contributed by atoms with E-state index in [1.54, 1.807) is 12.0 Å². The lowest BCUT2D eigenvalue weighted by Gasteiger charge is -2.13. The number of carbonyl (C=O) groups excluding carboxylic acids is 1. The zero-order chi connectivity index (χ0) is 13.0. The molecule has 1 atom stereocenters. The molecule has 98 valence electrons. The van der Waals surface area contributed by atoms with Crippen LogP contribution in [0.25, 0.3) is 0 Å². The number of hydrogen-bond acceptors (Lipinski definition) is 4. The summed E-state index contributed by atoms with van der Waals surface area (Å²) in [4.78, 5) is 13.3. The first-order valence-corrected chi connectivity index (χ1v) is 6.01. The van der Waals surface area contributed by atoms with E-state index in [2.05, 4.69) is 0 Å². The molecule has 1 fully saturated rings. The number of cyclic esters (lactones) is 1. The van der Waals surface area contributed by atoms with Gasteiger partial charge in [0.1, 0.15) is 11.9 Å². The third-order valence-electron chi connectivity index (χ3n) is 2.95. The van der Waals surface area contributed by atoms with Crippen molar-refractivity contribution in [2.45, 2.75) is 19.1 Å². The van der Waals surface area contributed by atoms with Crippen LogP contribution in [0.4, 0.5) is 4.79 Å². The maximum absolute atomic E-state index is 11.6. The minimum Gasteiger partial charge on any atom is -0.497 e. The topological polar surface area (TPSA) is 64.8 Å².